The number of ether oxygens (including phenoxy) is 1. The molecule has 1 aromatic rings. The van der Waals surface area contributed by atoms with Gasteiger partial charge in [-0.05, 0) is 31.7 Å². The predicted octanol–water partition coefficient (Wildman–Crippen LogP) is 3.28. The van der Waals surface area contributed by atoms with Gasteiger partial charge in [0.1, 0.15) is 0 Å². The van der Waals surface area contributed by atoms with Gasteiger partial charge in [-0.1, -0.05) is 43.2 Å². The third kappa shape index (κ3) is 8.68. The van der Waals surface area contributed by atoms with Crippen molar-refractivity contribution in [1.82, 2.24) is 10.6 Å². The van der Waals surface area contributed by atoms with E-state index in [9.17, 15) is 5.11 Å². The summed E-state index contributed by atoms with van der Waals surface area (Å²) in [5.41, 5.74) is 1.12. The Balaban J connectivity index is 0.00000338. The van der Waals surface area contributed by atoms with Crippen LogP contribution in [0, 0.1) is 0 Å². The van der Waals surface area contributed by atoms with Gasteiger partial charge in [0.05, 0.1) is 19.3 Å². The molecule has 0 bridgehead atoms. The molecule has 6 heteroatoms. The van der Waals surface area contributed by atoms with Gasteiger partial charge >= 0.3 is 0 Å². The maximum absolute atomic E-state index is 9.65. The largest absolute Gasteiger partial charge is 0.396 e. The molecule has 5 nitrogen and oxygen atoms in total. The molecule has 0 aromatic heterocycles. The summed E-state index contributed by atoms with van der Waals surface area (Å²) in [6.07, 6.45) is 6.53. The standard InChI is InChI=1S/C20H33N3O2.HI/c1-2-21-20(22-13-8-14-25-19-11-6-7-12-19)23-15-18(16-24)17-9-4-3-5-10-17;/h3-5,9-10,18-19,24H,2,6-8,11-16H2,1H3,(H2,21,22,23);1H. The van der Waals surface area contributed by atoms with Crippen LogP contribution in [0.2, 0.25) is 0 Å². The summed E-state index contributed by atoms with van der Waals surface area (Å²) in [5.74, 6) is 0.833. The highest BCUT2D eigenvalue weighted by molar-refractivity contribution is 14.0. The van der Waals surface area contributed by atoms with E-state index in [-0.39, 0.29) is 36.5 Å². The van der Waals surface area contributed by atoms with Crippen molar-refractivity contribution in [1.29, 1.82) is 0 Å². The zero-order valence-electron chi connectivity index (χ0n) is 15.8. The van der Waals surface area contributed by atoms with E-state index >= 15 is 0 Å². The molecule has 1 fully saturated rings. The van der Waals surface area contributed by atoms with Crippen molar-refractivity contribution in [2.45, 2.75) is 51.0 Å². The lowest BCUT2D eigenvalue weighted by molar-refractivity contribution is 0.0574. The molecule has 0 amide bonds. The van der Waals surface area contributed by atoms with Crippen LogP contribution in [0.15, 0.2) is 35.3 Å². The Hall–Kier alpha value is -0.860. The lowest BCUT2D eigenvalue weighted by atomic mass is 10.0. The quantitative estimate of drug-likeness (QED) is 0.210. The SMILES string of the molecule is CCNC(=NCC(CO)c1ccccc1)NCCCOC1CCCC1.I. The molecule has 148 valence electrons. The normalized spacial score (nSPS) is 16.2. The minimum atomic E-state index is 0. The zero-order chi connectivity index (χ0) is 17.7. The van der Waals surface area contributed by atoms with Crippen molar-refractivity contribution < 1.29 is 9.84 Å². The van der Waals surface area contributed by atoms with E-state index in [4.69, 9.17) is 4.74 Å². The highest BCUT2D eigenvalue weighted by Gasteiger charge is 2.14. The van der Waals surface area contributed by atoms with Gasteiger partial charge in [0.25, 0.3) is 0 Å². The van der Waals surface area contributed by atoms with E-state index in [1.165, 1.54) is 25.7 Å². The zero-order valence-corrected chi connectivity index (χ0v) is 18.2. The van der Waals surface area contributed by atoms with E-state index in [0.29, 0.717) is 12.6 Å². The van der Waals surface area contributed by atoms with Gasteiger partial charge in [-0.15, -0.1) is 24.0 Å². The van der Waals surface area contributed by atoms with Crippen LogP contribution in [-0.2, 0) is 4.74 Å². The van der Waals surface area contributed by atoms with Gasteiger partial charge in [-0.2, -0.15) is 0 Å². The average molecular weight is 475 g/mol. The molecule has 0 saturated heterocycles. The number of nitrogens with one attached hydrogen (secondary N) is 2. The maximum Gasteiger partial charge on any atom is 0.191 e. The van der Waals surface area contributed by atoms with Gasteiger partial charge in [-0.25, -0.2) is 0 Å². The first-order chi connectivity index (χ1) is 12.3. The minimum Gasteiger partial charge on any atom is -0.396 e. The summed E-state index contributed by atoms with van der Waals surface area (Å²) in [7, 11) is 0. The van der Waals surface area contributed by atoms with Gasteiger partial charge in [0.2, 0.25) is 0 Å². The first kappa shape index (κ1) is 23.2. The molecule has 26 heavy (non-hydrogen) atoms. The fourth-order valence-electron chi connectivity index (χ4n) is 3.12. The van der Waals surface area contributed by atoms with E-state index in [1.54, 1.807) is 0 Å². The van der Waals surface area contributed by atoms with E-state index < -0.39 is 0 Å². The third-order valence-electron chi connectivity index (χ3n) is 4.57. The second kappa shape index (κ2) is 14.2. The Bertz CT molecular complexity index is 493. The average Bonchev–Trinajstić information content (AvgIpc) is 3.16. The summed E-state index contributed by atoms with van der Waals surface area (Å²) in [6, 6.07) is 10.1. The summed E-state index contributed by atoms with van der Waals surface area (Å²) < 4.78 is 5.88. The number of benzene rings is 1. The van der Waals surface area contributed by atoms with Crippen LogP contribution in [0.3, 0.4) is 0 Å². The highest BCUT2D eigenvalue weighted by Crippen LogP contribution is 2.20. The molecule has 0 aliphatic heterocycles. The molecule has 0 spiro atoms. The van der Waals surface area contributed by atoms with E-state index in [2.05, 4.69) is 22.5 Å². The molecule has 1 unspecified atom stereocenters. The predicted molar refractivity (Wildman–Crippen MR) is 118 cm³/mol. The van der Waals surface area contributed by atoms with Gasteiger partial charge in [0.15, 0.2) is 5.96 Å². The van der Waals surface area contributed by atoms with Crippen molar-refractivity contribution in [2.75, 3.05) is 32.8 Å². The van der Waals surface area contributed by atoms with Crippen LogP contribution in [0.4, 0.5) is 0 Å². The molecule has 0 heterocycles. The molecule has 1 aromatic carbocycles. The van der Waals surface area contributed by atoms with E-state index in [0.717, 1.165) is 37.6 Å². The number of guanidine groups is 1. The second-order valence-electron chi connectivity index (χ2n) is 6.57. The van der Waals surface area contributed by atoms with E-state index in [1.807, 2.05) is 30.3 Å². The molecule has 1 atom stereocenters. The topological polar surface area (TPSA) is 65.9 Å². The lowest BCUT2D eigenvalue weighted by Gasteiger charge is -2.16. The van der Waals surface area contributed by atoms with Crippen LogP contribution < -0.4 is 10.6 Å². The lowest BCUT2D eigenvalue weighted by Crippen LogP contribution is -2.38. The molecule has 0 radical (unpaired) electrons. The second-order valence-corrected chi connectivity index (χ2v) is 6.57. The summed E-state index contributed by atoms with van der Waals surface area (Å²) in [6.45, 7) is 5.19. The van der Waals surface area contributed by atoms with Crippen LogP contribution >= 0.6 is 24.0 Å². The Morgan fingerprint density at radius 3 is 2.62 bits per heavy atom. The number of rotatable bonds is 10. The third-order valence-corrected chi connectivity index (χ3v) is 4.57. The number of aliphatic imine (C=N–C) groups is 1. The first-order valence-electron chi connectivity index (χ1n) is 9.63. The number of aliphatic hydroxyl groups is 1. The van der Waals surface area contributed by atoms with Crippen LogP contribution in [0.25, 0.3) is 0 Å². The number of hydrogen-bond acceptors (Lipinski definition) is 3. The van der Waals surface area contributed by atoms with Crippen molar-refractivity contribution in [3.05, 3.63) is 35.9 Å². The van der Waals surface area contributed by atoms with Crippen LogP contribution in [0.1, 0.15) is 50.5 Å². The molecule has 1 aliphatic carbocycles. The number of halogens is 1. The van der Waals surface area contributed by atoms with Crippen LogP contribution in [-0.4, -0.2) is 50.0 Å². The van der Waals surface area contributed by atoms with Gasteiger partial charge in [0, 0.05) is 25.6 Å². The molecular formula is C20H34IN3O2. The number of aliphatic hydroxyl groups excluding tert-OH is 1. The number of hydrogen-bond donors (Lipinski definition) is 3. The smallest absolute Gasteiger partial charge is 0.191 e. The number of nitrogens with zero attached hydrogens (tertiary/aromatic N) is 1. The van der Waals surface area contributed by atoms with Crippen molar-refractivity contribution in [3.8, 4) is 0 Å². The first-order valence-corrected chi connectivity index (χ1v) is 9.63. The van der Waals surface area contributed by atoms with Crippen LogP contribution in [0.5, 0.6) is 0 Å². The molecule has 1 saturated carbocycles. The van der Waals surface area contributed by atoms with Crippen molar-refractivity contribution >= 4 is 29.9 Å². The van der Waals surface area contributed by atoms with Gasteiger partial charge in [-0.3, -0.25) is 4.99 Å². The Morgan fingerprint density at radius 1 is 1.23 bits per heavy atom. The monoisotopic (exact) mass is 475 g/mol. The van der Waals surface area contributed by atoms with Gasteiger partial charge < -0.3 is 20.5 Å². The fraction of sp³-hybridized carbons (Fsp3) is 0.650. The summed E-state index contributed by atoms with van der Waals surface area (Å²) in [5, 5.41) is 16.3. The Kier molecular flexibility index (Phi) is 12.7. The highest BCUT2D eigenvalue weighted by atomic mass is 127. The molecular weight excluding hydrogens is 441 g/mol. The minimum absolute atomic E-state index is 0. The van der Waals surface area contributed by atoms with Crippen molar-refractivity contribution in [3.63, 3.8) is 0 Å². The Morgan fingerprint density at radius 2 is 1.96 bits per heavy atom. The summed E-state index contributed by atoms with van der Waals surface area (Å²) in [4.78, 5) is 4.63. The molecule has 1 aliphatic rings. The van der Waals surface area contributed by atoms with Crippen molar-refractivity contribution in [2.24, 2.45) is 4.99 Å². The fourth-order valence-corrected chi connectivity index (χ4v) is 3.12. The Labute approximate surface area is 175 Å². The molecule has 3 N–H and O–H groups in total. The molecule has 2 rings (SSSR count). The summed E-state index contributed by atoms with van der Waals surface area (Å²) >= 11 is 0. The maximum atomic E-state index is 9.65.